The van der Waals surface area contributed by atoms with E-state index in [1.165, 1.54) is 57.8 Å². The van der Waals surface area contributed by atoms with E-state index < -0.39 is 0 Å². The van der Waals surface area contributed by atoms with Crippen molar-refractivity contribution in [3.05, 3.63) is 0 Å². The highest BCUT2D eigenvalue weighted by atomic mass is 14.3. The Balaban J connectivity index is 2.47. The molecule has 0 aliphatic heterocycles. The Hall–Kier alpha value is 0.0649. The zero-order valence-corrected chi connectivity index (χ0v) is 11.4. The molecule has 1 fully saturated rings. The summed E-state index contributed by atoms with van der Waals surface area (Å²) in [7, 11) is 2.46. The molecule has 1 aliphatic rings. The minimum atomic E-state index is 0.598. The predicted octanol–water partition coefficient (Wildman–Crippen LogP) is 4.35. The van der Waals surface area contributed by atoms with Gasteiger partial charge in [-0.25, -0.2) is 0 Å². The minimum absolute atomic E-state index is 0.598. The molecule has 0 amide bonds. The zero-order chi connectivity index (χ0) is 11.4. The van der Waals surface area contributed by atoms with Crippen LogP contribution in [0, 0.1) is 5.41 Å². The van der Waals surface area contributed by atoms with E-state index in [1.54, 1.807) is 0 Å². The van der Waals surface area contributed by atoms with E-state index in [9.17, 15) is 0 Å². The second-order valence-electron chi connectivity index (χ2n) is 7.10. The van der Waals surface area contributed by atoms with Crippen molar-refractivity contribution in [3.63, 3.8) is 0 Å². The lowest BCUT2D eigenvalue weighted by molar-refractivity contribution is 0.282. The van der Waals surface area contributed by atoms with Gasteiger partial charge in [-0.15, -0.1) is 0 Å². The molecular weight excluding hydrogens is 179 g/mol. The topological polar surface area (TPSA) is 0 Å². The Labute approximate surface area is 97.6 Å². The lowest BCUT2D eigenvalue weighted by atomic mass is 9.64. The summed E-state index contributed by atoms with van der Waals surface area (Å²) in [5.41, 5.74) is 0.598. The summed E-state index contributed by atoms with van der Waals surface area (Å²) >= 11 is 0. The maximum atomic E-state index is 2.46. The maximum Gasteiger partial charge on any atom is 0.109 e. The monoisotopic (exact) mass is 208 g/mol. The average Bonchev–Trinajstić information content (AvgIpc) is 2.11. The van der Waals surface area contributed by atoms with Gasteiger partial charge in [-0.1, -0.05) is 71.0 Å². The van der Waals surface area contributed by atoms with Crippen molar-refractivity contribution in [1.29, 1.82) is 0 Å². The fourth-order valence-corrected chi connectivity index (χ4v) is 2.86. The van der Waals surface area contributed by atoms with Gasteiger partial charge in [0.05, 0.1) is 0 Å². The van der Waals surface area contributed by atoms with Gasteiger partial charge in [-0.3, -0.25) is 0 Å². The van der Waals surface area contributed by atoms with Gasteiger partial charge in [0.1, 0.15) is 7.85 Å². The van der Waals surface area contributed by atoms with E-state index in [1.807, 2.05) is 0 Å². The predicted molar refractivity (Wildman–Crippen MR) is 72.2 cm³/mol. The van der Waals surface area contributed by atoms with Gasteiger partial charge in [0.15, 0.2) is 0 Å². The van der Waals surface area contributed by atoms with Gasteiger partial charge < -0.3 is 0 Å². The largest absolute Gasteiger partial charge is 0.109 e. The van der Waals surface area contributed by atoms with Crippen molar-refractivity contribution >= 4 is 7.85 Å². The Bertz CT molecular complexity index is 162. The first-order chi connectivity index (χ1) is 6.91. The Morgan fingerprint density at radius 3 is 1.80 bits per heavy atom. The van der Waals surface area contributed by atoms with E-state index in [0.29, 0.717) is 10.7 Å². The van der Waals surface area contributed by atoms with Gasteiger partial charge in [0, 0.05) is 0 Å². The second kappa shape index (κ2) is 5.41. The third-order valence-corrected chi connectivity index (χ3v) is 4.16. The summed E-state index contributed by atoms with van der Waals surface area (Å²) in [5, 5.41) is 0.598. The molecule has 0 aromatic rings. The molecule has 15 heavy (non-hydrogen) atoms. The van der Waals surface area contributed by atoms with Crippen LogP contribution >= 0.6 is 0 Å². The lowest BCUT2D eigenvalue weighted by Crippen LogP contribution is -2.13. The molecule has 0 aromatic carbocycles. The van der Waals surface area contributed by atoms with E-state index in [0.717, 1.165) is 0 Å². The second-order valence-corrected chi connectivity index (χ2v) is 7.10. The molecule has 0 radical (unpaired) electrons. The Morgan fingerprint density at radius 2 is 1.13 bits per heavy atom. The average molecular weight is 208 g/mol. The molecule has 1 rings (SSSR count). The fraction of sp³-hybridized carbons (Fsp3) is 1.00. The molecule has 0 heterocycles. The molecule has 1 atom stereocenters. The summed E-state index contributed by atoms with van der Waals surface area (Å²) in [6.45, 7) is 7.37. The Kier molecular flexibility index (Phi) is 4.74. The molecule has 1 aliphatic carbocycles. The summed E-state index contributed by atoms with van der Waals surface area (Å²) < 4.78 is 0. The highest BCUT2D eigenvalue weighted by Crippen LogP contribution is 2.39. The molecule has 0 saturated heterocycles. The molecule has 1 unspecified atom stereocenters. The van der Waals surface area contributed by atoms with E-state index in [4.69, 9.17) is 0 Å². The van der Waals surface area contributed by atoms with Crippen LogP contribution in [0.1, 0.15) is 78.6 Å². The highest BCUT2D eigenvalue weighted by molar-refractivity contribution is 6.14. The lowest BCUT2D eigenvalue weighted by Gasteiger charge is -2.28. The summed E-state index contributed by atoms with van der Waals surface area (Å²) in [5.74, 6) is 0. The van der Waals surface area contributed by atoms with Crippen LogP contribution in [0.3, 0.4) is 0 Å². The zero-order valence-electron chi connectivity index (χ0n) is 11.4. The van der Waals surface area contributed by atoms with Crippen LogP contribution in [-0.2, 0) is 0 Å². The summed E-state index contributed by atoms with van der Waals surface area (Å²) in [4.78, 5) is 0. The van der Waals surface area contributed by atoms with Crippen molar-refractivity contribution in [2.75, 3.05) is 0 Å². The van der Waals surface area contributed by atoms with Gasteiger partial charge in [-0.2, -0.15) is 0 Å². The first kappa shape index (κ1) is 13.1. The first-order valence-electron chi connectivity index (χ1n) is 6.91. The van der Waals surface area contributed by atoms with E-state index >= 15 is 0 Å². The highest BCUT2D eigenvalue weighted by Gasteiger charge is 2.22. The van der Waals surface area contributed by atoms with Gasteiger partial charge in [0.25, 0.3) is 0 Å². The van der Waals surface area contributed by atoms with Gasteiger partial charge in [0.2, 0.25) is 0 Å². The molecule has 0 aromatic heterocycles. The molecule has 1 saturated carbocycles. The van der Waals surface area contributed by atoms with Crippen molar-refractivity contribution in [2.24, 2.45) is 5.41 Å². The smallest absolute Gasteiger partial charge is 0.0669 e. The van der Waals surface area contributed by atoms with Gasteiger partial charge in [-0.05, 0) is 18.3 Å². The fourth-order valence-electron chi connectivity index (χ4n) is 2.86. The van der Waals surface area contributed by atoms with Crippen molar-refractivity contribution in [3.8, 4) is 0 Å². The standard InChI is InChI=1S/C14H29B/c1-13(2)9-6-4-5-7-11-14(3,15)12-8-10-13/h4-12,15H2,1-3H3. The van der Waals surface area contributed by atoms with Crippen LogP contribution in [0.4, 0.5) is 0 Å². The van der Waals surface area contributed by atoms with Crippen LogP contribution in [0.5, 0.6) is 0 Å². The number of rotatable bonds is 0. The van der Waals surface area contributed by atoms with Crippen LogP contribution in [0.15, 0.2) is 0 Å². The summed E-state index contributed by atoms with van der Waals surface area (Å²) in [6, 6.07) is 0. The minimum Gasteiger partial charge on any atom is -0.0669 e. The van der Waals surface area contributed by atoms with E-state index in [2.05, 4.69) is 28.6 Å². The third-order valence-electron chi connectivity index (χ3n) is 4.16. The molecular formula is C14H29B. The van der Waals surface area contributed by atoms with Gasteiger partial charge >= 0.3 is 0 Å². The molecule has 0 spiro atoms. The van der Waals surface area contributed by atoms with Crippen molar-refractivity contribution in [1.82, 2.24) is 0 Å². The first-order valence-corrected chi connectivity index (χ1v) is 6.91. The molecule has 0 bridgehead atoms. The molecule has 0 nitrogen and oxygen atoms in total. The number of hydrogen-bond donors (Lipinski definition) is 0. The maximum absolute atomic E-state index is 2.46. The van der Waals surface area contributed by atoms with E-state index in [-0.39, 0.29) is 0 Å². The van der Waals surface area contributed by atoms with Crippen molar-refractivity contribution < 1.29 is 0 Å². The van der Waals surface area contributed by atoms with Crippen LogP contribution in [-0.4, -0.2) is 7.85 Å². The quantitative estimate of drug-likeness (QED) is 0.519. The normalized spacial score (nSPS) is 34.3. The third kappa shape index (κ3) is 5.63. The molecule has 0 N–H and O–H groups in total. The van der Waals surface area contributed by atoms with Crippen molar-refractivity contribution in [2.45, 2.75) is 83.9 Å². The van der Waals surface area contributed by atoms with Crippen LogP contribution in [0.2, 0.25) is 5.31 Å². The molecule has 88 valence electrons. The van der Waals surface area contributed by atoms with Crippen LogP contribution in [0.25, 0.3) is 0 Å². The van der Waals surface area contributed by atoms with Crippen LogP contribution < -0.4 is 0 Å². The SMILES string of the molecule is BC1(C)CCCCCCC(C)(C)CCC1. The number of hydrogen-bond acceptors (Lipinski definition) is 0. The molecule has 1 heteroatoms. The Morgan fingerprint density at radius 1 is 0.667 bits per heavy atom. The summed E-state index contributed by atoms with van der Waals surface area (Å²) in [6.07, 6.45) is 13.0.